The van der Waals surface area contributed by atoms with Gasteiger partial charge in [0.15, 0.2) is 5.75 Å². The van der Waals surface area contributed by atoms with Crippen LogP contribution in [0.3, 0.4) is 0 Å². The second-order valence-corrected chi connectivity index (χ2v) is 3.17. The zero-order valence-electron chi connectivity index (χ0n) is 6.11. The Balaban J connectivity index is 2.81. The van der Waals surface area contributed by atoms with E-state index in [1.54, 1.807) is 12.1 Å². The zero-order valence-corrected chi connectivity index (χ0v) is 8.38. The summed E-state index contributed by atoms with van der Waals surface area (Å²) in [6.45, 7) is 0.388. The van der Waals surface area contributed by atoms with Gasteiger partial charge in [-0.15, -0.1) is 11.6 Å². The molecule has 0 atom stereocenters. The Morgan fingerprint density at radius 2 is 2.17 bits per heavy atom. The van der Waals surface area contributed by atoms with E-state index in [0.717, 1.165) is 0 Å². The predicted octanol–water partition coefficient (Wildman–Crippen LogP) is 3.41. The van der Waals surface area contributed by atoms with Crippen molar-refractivity contribution in [2.45, 2.75) is 0 Å². The third-order valence-corrected chi connectivity index (χ3v) is 1.91. The van der Waals surface area contributed by atoms with Gasteiger partial charge < -0.3 is 4.74 Å². The first-order valence-corrected chi connectivity index (χ1v) is 4.59. The van der Waals surface area contributed by atoms with Crippen LogP contribution in [0.2, 0.25) is 10.0 Å². The number of benzene rings is 1. The minimum absolute atomic E-state index is 0.382. The van der Waals surface area contributed by atoms with Crippen LogP contribution in [-0.4, -0.2) is 12.5 Å². The van der Waals surface area contributed by atoms with E-state index in [-0.39, 0.29) is 0 Å². The molecule has 1 radical (unpaired) electrons. The number of alkyl halides is 1. The molecule has 1 rings (SSSR count). The summed E-state index contributed by atoms with van der Waals surface area (Å²) in [4.78, 5) is 0. The Hall–Kier alpha value is -0.110. The van der Waals surface area contributed by atoms with Gasteiger partial charge >= 0.3 is 0 Å². The molecular weight excluding hydrogens is 218 g/mol. The van der Waals surface area contributed by atoms with Crippen LogP contribution in [0.4, 0.5) is 0 Å². The lowest BCUT2D eigenvalue weighted by Crippen LogP contribution is -1.98. The van der Waals surface area contributed by atoms with Gasteiger partial charge in [0, 0.05) is 6.07 Å². The Morgan fingerprint density at radius 1 is 1.42 bits per heavy atom. The monoisotopic (exact) mass is 223 g/mol. The van der Waals surface area contributed by atoms with Crippen LogP contribution in [0, 0.1) is 6.07 Å². The van der Waals surface area contributed by atoms with Crippen molar-refractivity contribution in [3.8, 4) is 5.75 Å². The van der Waals surface area contributed by atoms with Gasteiger partial charge in [0.25, 0.3) is 0 Å². The normalized spacial score (nSPS) is 9.92. The average Bonchev–Trinajstić information content (AvgIpc) is 2.04. The van der Waals surface area contributed by atoms with E-state index in [2.05, 4.69) is 6.07 Å². The highest BCUT2D eigenvalue weighted by molar-refractivity contribution is 6.37. The smallest absolute Gasteiger partial charge is 0.157 e. The Morgan fingerprint density at radius 3 is 2.75 bits per heavy atom. The SMILES string of the molecule is ClCCOc1c(Cl)[c]ccc1Cl. The number of hydrogen-bond acceptors (Lipinski definition) is 1. The van der Waals surface area contributed by atoms with E-state index >= 15 is 0 Å². The molecule has 0 fully saturated rings. The fourth-order valence-corrected chi connectivity index (χ4v) is 1.26. The highest BCUT2D eigenvalue weighted by Gasteiger charge is 2.05. The van der Waals surface area contributed by atoms with Gasteiger partial charge in [-0.1, -0.05) is 29.3 Å². The lowest BCUT2D eigenvalue weighted by Gasteiger charge is -2.06. The largest absolute Gasteiger partial charge is 0.489 e. The van der Waals surface area contributed by atoms with Crippen LogP contribution in [0.5, 0.6) is 5.75 Å². The quantitative estimate of drug-likeness (QED) is 0.715. The number of hydrogen-bond donors (Lipinski definition) is 0. The molecule has 4 heteroatoms. The zero-order chi connectivity index (χ0) is 8.97. The summed E-state index contributed by atoms with van der Waals surface area (Å²) in [7, 11) is 0. The van der Waals surface area contributed by atoms with Crippen LogP contribution in [0.1, 0.15) is 0 Å². The molecule has 0 aliphatic carbocycles. The van der Waals surface area contributed by atoms with Crippen molar-refractivity contribution in [1.29, 1.82) is 0 Å². The summed E-state index contributed by atoms with van der Waals surface area (Å²) in [6, 6.07) is 6.06. The molecule has 0 amide bonds. The molecule has 1 nitrogen and oxygen atoms in total. The fourth-order valence-electron chi connectivity index (χ4n) is 0.707. The summed E-state index contributed by atoms with van der Waals surface area (Å²) in [5, 5.41) is 0.858. The summed E-state index contributed by atoms with van der Waals surface area (Å²) in [6.07, 6.45) is 0. The van der Waals surface area contributed by atoms with Crippen molar-refractivity contribution in [2.24, 2.45) is 0 Å². The fraction of sp³-hybridized carbons (Fsp3) is 0.250. The van der Waals surface area contributed by atoms with E-state index in [9.17, 15) is 0 Å². The molecule has 65 valence electrons. The highest BCUT2D eigenvalue weighted by atomic mass is 35.5. The molecule has 12 heavy (non-hydrogen) atoms. The van der Waals surface area contributed by atoms with Crippen molar-refractivity contribution < 1.29 is 4.74 Å². The van der Waals surface area contributed by atoms with Gasteiger partial charge in [-0.25, -0.2) is 0 Å². The van der Waals surface area contributed by atoms with E-state index in [4.69, 9.17) is 39.5 Å². The van der Waals surface area contributed by atoms with Crippen molar-refractivity contribution in [3.05, 3.63) is 28.2 Å². The maximum absolute atomic E-state index is 5.79. The summed E-state index contributed by atoms with van der Waals surface area (Å²) in [5.41, 5.74) is 0. The van der Waals surface area contributed by atoms with E-state index in [0.29, 0.717) is 28.3 Å². The van der Waals surface area contributed by atoms with Crippen LogP contribution < -0.4 is 4.74 Å². The summed E-state index contributed by atoms with van der Waals surface area (Å²) in [5.74, 6) is 0.850. The number of halogens is 3. The van der Waals surface area contributed by atoms with Gasteiger partial charge in [0.2, 0.25) is 0 Å². The first kappa shape index (κ1) is 9.97. The van der Waals surface area contributed by atoms with E-state index < -0.39 is 0 Å². The first-order chi connectivity index (χ1) is 5.75. The third kappa shape index (κ3) is 2.44. The highest BCUT2D eigenvalue weighted by Crippen LogP contribution is 2.31. The molecule has 1 aromatic rings. The molecule has 0 spiro atoms. The Kier molecular flexibility index (Phi) is 3.99. The molecule has 0 aliphatic heterocycles. The molecule has 0 saturated carbocycles. The number of rotatable bonds is 3. The molecule has 0 N–H and O–H groups in total. The van der Waals surface area contributed by atoms with Gasteiger partial charge in [-0.2, -0.15) is 0 Å². The minimum Gasteiger partial charge on any atom is -0.489 e. The maximum atomic E-state index is 5.79. The molecule has 0 aromatic heterocycles. The predicted molar refractivity (Wildman–Crippen MR) is 51.5 cm³/mol. The maximum Gasteiger partial charge on any atom is 0.157 e. The van der Waals surface area contributed by atoms with Crippen LogP contribution in [0.15, 0.2) is 12.1 Å². The lowest BCUT2D eigenvalue weighted by atomic mass is 10.3. The van der Waals surface area contributed by atoms with Gasteiger partial charge in [0.05, 0.1) is 15.9 Å². The van der Waals surface area contributed by atoms with E-state index in [1.165, 1.54) is 0 Å². The standard InChI is InChI=1S/C8H6Cl3O/c9-4-5-12-8-6(10)2-1-3-7(8)11/h1-2H,4-5H2. The Bertz CT molecular complexity index is 242. The second-order valence-electron chi connectivity index (χ2n) is 2.01. The third-order valence-electron chi connectivity index (χ3n) is 1.18. The second kappa shape index (κ2) is 4.80. The molecule has 0 saturated heterocycles. The topological polar surface area (TPSA) is 9.23 Å². The summed E-state index contributed by atoms with van der Waals surface area (Å²) >= 11 is 17.0. The van der Waals surface area contributed by atoms with Crippen LogP contribution in [-0.2, 0) is 0 Å². The Labute approximate surface area is 86.2 Å². The van der Waals surface area contributed by atoms with Crippen LogP contribution in [0.25, 0.3) is 0 Å². The summed E-state index contributed by atoms with van der Waals surface area (Å²) < 4.78 is 5.19. The van der Waals surface area contributed by atoms with Crippen molar-refractivity contribution >= 4 is 34.8 Å². The lowest BCUT2D eigenvalue weighted by molar-refractivity contribution is 0.343. The van der Waals surface area contributed by atoms with E-state index in [1.807, 2.05) is 0 Å². The van der Waals surface area contributed by atoms with Gasteiger partial charge in [-0.05, 0) is 6.07 Å². The molecule has 0 unspecified atom stereocenters. The molecular formula is C8H6Cl3O. The average molecular weight is 224 g/mol. The van der Waals surface area contributed by atoms with Crippen molar-refractivity contribution in [2.75, 3.05) is 12.5 Å². The van der Waals surface area contributed by atoms with Gasteiger partial charge in [0.1, 0.15) is 6.61 Å². The molecule has 1 aromatic carbocycles. The molecule has 0 heterocycles. The number of ether oxygens (including phenoxy) is 1. The van der Waals surface area contributed by atoms with Crippen molar-refractivity contribution in [3.63, 3.8) is 0 Å². The van der Waals surface area contributed by atoms with Crippen LogP contribution >= 0.6 is 34.8 Å². The molecule has 0 bridgehead atoms. The minimum atomic E-state index is 0.382. The first-order valence-electron chi connectivity index (χ1n) is 3.30. The van der Waals surface area contributed by atoms with Gasteiger partial charge in [-0.3, -0.25) is 0 Å². The molecule has 0 aliphatic rings. The van der Waals surface area contributed by atoms with Crippen molar-refractivity contribution in [1.82, 2.24) is 0 Å².